The van der Waals surface area contributed by atoms with Crippen LogP contribution in [0.2, 0.25) is 0 Å². The molecule has 1 atom stereocenters. The number of rotatable bonds is 6. The van der Waals surface area contributed by atoms with Gasteiger partial charge >= 0.3 is 7.82 Å². The van der Waals surface area contributed by atoms with E-state index in [0.717, 1.165) is 0 Å². The van der Waals surface area contributed by atoms with E-state index >= 15 is 0 Å². The molecule has 1 aromatic carbocycles. The van der Waals surface area contributed by atoms with Crippen LogP contribution in [0.15, 0.2) is 24.3 Å². The Morgan fingerprint density at radius 2 is 1.79 bits per heavy atom. The van der Waals surface area contributed by atoms with Crippen LogP contribution in [0.5, 0.6) is 5.75 Å². The Hall–Kier alpha value is -0.0181. The Morgan fingerprint density at radius 3 is 2.26 bits per heavy atom. The van der Waals surface area contributed by atoms with Gasteiger partial charge in [0.15, 0.2) is 0 Å². The van der Waals surface area contributed by atoms with Gasteiger partial charge in [-0.25, -0.2) is 0 Å². The number of hydrogen-bond acceptors (Lipinski definition) is 4. The monoisotopic (exact) mass is 511 g/mol. The molecule has 1 N–H and O–H groups in total. The summed E-state index contributed by atoms with van der Waals surface area (Å²) >= 11 is 0. The first-order valence-corrected chi connectivity index (χ1v) is 6.91. The molecule has 0 aromatic heterocycles. The van der Waals surface area contributed by atoms with Gasteiger partial charge in [0.2, 0.25) is 0 Å². The van der Waals surface area contributed by atoms with E-state index in [2.05, 4.69) is 0 Å². The third-order valence-corrected chi connectivity index (χ3v) is 3.02. The Morgan fingerprint density at radius 1 is 1.26 bits per heavy atom. The van der Waals surface area contributed by atoms with Crippen molar-refractivity contribution >= 4 is 13.5 Å². The van der Waals surface area contributed by atoms with Gasteiger partial charge in [0.05, 0.1) is 21.1 Å². The average Bonchev–Trinajstić information content (AvgIpc) is 2.18. The Kier molecular flexibility index (Phi) is 7.67. The fraction of sp³-hybridized carbons (Fsp3) is 0.455. The molecule has 0 saturated carbocycles. The summed E-state index contributed by atoms with van der Waals surface area (Å²) in [6, 6.07) is 5.72. The Balaban J connectivity index is 0.00000324. The van der Waals surface area contributed by atoms with Gasteiger partial charge in [-0.05, 0) is 12.1 Å². The van der Waals surface area contributed by atoms with Gasteiger partial charge in [0.1, 0.15) is 18.9 Å². The zero-order valence-corrected chi connectivity index (χ0v) is 16.3. The van der Waals surface area contributed by atoms with Crippen LogP contribution in [0, 0.1) is 31.1 Å². The van der Waals surface area contributed by atoms with Gasteiger partial charge in [0.25, 0.3) is 0 Å². The van der Waals surface area contributed by atoms with Gasteiger partial charge in [-0.1, -0.05) is 12.1 Å². The van der Waals surface area contributed by atoms with E-state index in [-0.39, 0.29) is 49.2 Å². The van der Waals surface area contributed by atoms with E-state index in [1.54, 1.807) is 0 Å². The van der Waals surface area contributed by atoms with Crippen LogP contribution in [-0.4, -0.2) is 38.8 Å². The second kappa shape index (κ2) is 7.68. The molecule has 1 unspecified atom stereocenters. The van der Waals surface area contributed by atoms with E-state index in [1.807, 2.05) is 21.1 Å². The van der Waals surface area contributed by atoms with Crippen molar-refractivity contribution < 1.29 is 54.1 Å². The summed E-state index contributed by atoms with van der Waals surface area (Å²) in [5.41, 5.74) is 7.55. The Bertz CT molecular complexity index is 433. The van der Waals surface area contributed by atoms with Crippen molar-refractivity contribution in [2.75, 3.05) is 34.3 Å². The van der Waals surface area contributed by atoms with Crippen molar-refractivity contribution in [3.8, 4) is 5.75 Å². The number of phosphoric ester groups is 1. The number of nitrogens with zero attached hydrogens (tertiary/aromatic N) is 1. The smallest absolute Gasteiger partial charge is 0.319 e. The first-order chi connectivity index (χ1) is 8.18. The van der Waals surface area contributed by atoms with Gasteiger partial charge in [-0.15, -0.1) is 5.69 Å². The number of benzene rings is 1. The minimum Gasteiger partial charge on any atom is -0.746 e. The van der Waals surface area contributed by atoms with Crippen LogP contribution in [0.3, 0.4) is 0 Å². The molecule has 6 nitrogen and oxygen atoms in total. The summed E-state index contributed by atoms with van der Waals surface area (Å²) in [5.74, 6) is 0.148. The fourth-order valence-electron chi connectivity index (χ4n) is 1.10. The molecule has 19 heavy (non-hydrogen) atoms. The van der Waals surface area contributed by atoms with Crippen molar-refractivity contribution in [2.24, 2.45) is 0 Å². The number of nitrogens with one attached hydrogen (secondary N) is 1. The zero-order chi connectivity index (χ0) is 13.8. The molecule has 0 saturated heterocycles. The van der Waals surface area contributed by atoms with E-state index in [4.69, 9.17) is 14.8 Å². The SMILES string of the molecule is C[N+](C)(C)CCOP(=O)([O-])Oc1ccc([NH-])cc1.[U]. The molecule has 106 valence electrons. The summed E-state index contributed by atoms with van der Waals surface area (Å²) in [6.45, 7) is 0.627. The first-order valence-electron chi connectivity index (χ1n) is 5.45. The maximum Gasteiger partial charge on any atom is 0.319 e. The van der Waals surface area contributed by atoms with Crippen LogP contribution in [0.25, 0.3) is 5.73 Å². The third kappa shape index (κ3) is 8.70. The summed E-state index contributed by atoms with van der Waals surface area (Å²) < 4.78 is 21.6. The predicted molar refractivity (Wildman–Crippen MR) is 67.5 cm³/mol. The second-order valence-corrected chi connectivity index (χ2v) is 6.25. The molecule has 0 aliphatic carbocycles. The van der Waals surface area contributed by atoms with E-state index in [9.17, 15) is 9.46 Å². The summed E-state index contributed by atoms with van der Waals surface area (Å²) in [5, 5.41) is 0. The third-order valence-electron chi connectivity index (χ3n) is 2.08. The van der Waals surface area contributed by atoms with Gasteiger partial charge in [-0.3, -0.25) is 4.57 Å². The molecule has 0 bridgehead atoms. The van der Waals surface area contributed by atoms with Crippen molar-refractivity contribution in [1.29, 1.82) is 0 Å². The van der Waals surface area contributed by atoms with Crippen molar-refractivity contribution in [1.82, 2.24) is 0 Å². The number of likely N-dealkylation sites (N-methyl/N-ethyl adjacent to an activating group) is 1. The van der Waals surface area contributed by atoms with E-state index in [1.165, 1.54) is 24.3 Å². The standard InChI is InChI=1S/C11H19N2O4P.U/c1-13(2,3)8-9-16-18(14,15)17-11-6-4-10(12)5-7-11;/h4-7,12H,8-9H2,1-3H3,(H,14,15);/p-1. The summed E-state index contributed by atoms with van der Waals surface area (Å²) in [6.07, 6.45) is 0. The molecule has 8 heteroatoms. The number of phosphoric acid groups is 1. The van der Waals surface area contributed by atoms with E-state index in [0.29, 0.717) is 11.0 Å². The van der Waals surface area contributed by atoms with Crippen molar-refractivity contribution in [3.63, 3.8) is 0 Å². The first kappa shape index (κ1) is 19.0. The quantitative estimate of drug-likeness (QED) is 0.432. The number of quaternary nitrogens is 1. The number of hydrogen-bond donors (Lipinski definition) is 0. The van der Waals surface area contributed by atoms with Crippen LogP contribution in [-0.2, 0) is 9.09 Å². The molecule has 1 rings (SSSR count). The van der Waals surface area contributed by atoms with Crippen LogP contribution in [0.1, 0.15) is 0 Å². The molecule has 0 fully saturated rings. The van der Waals surface area contributed by atoms with Crippen molar-refractivity contribution in [3.05, 3.63) is 30.0 Å². The van der Waals surface area contributed by atoms with Gasteiger partial charge < -0.3 is 24.2 Å². The fourth-order valence-corrected chi connectivity index (χ4v) is 1.84. The second-order valence-electron chi connectivity index (χ2n) is 4.91. The molecular weight excluding hydrogens is 493 g/mol. The van der Waals surface area contributed by atoms with Gasteiger partial charge in [0, 0.05) is 31.1 Å². The molecule has 0 spiro atoms. The zero-order valence-electron chi connectivity index (χ0n) is 11.3. The molecule has 0 amide bonds. The predicted octanol–water partition coefficient (Wildman–Crippen LogP) is 1.94. The van der Waals surface area contributed by atoms with Gasteiger partial charge in [-0.2, -0.15) is 0 Å². The van der Waals surface area contributed by atoms with Crippen LogP contribution < -0.4 is 9.42 Å². The summed E-state index contributed by atoms with van der Waals surface area (Å²) in [7, 11) is 1.48. The van der Waals surface area contributed by atoms with Crippen LogP contribution in [0.4, 0.5) is 5.69 Å². The largest absolute Gasteiger partial charge is 0.746 e. The maximum atomic E-state index is 11.5. The molecule has 0 heterocycles. The molecule has 0 aliphatic heterocycles. The molecule has 1 aromatic rings. The normalized spacial score (nSPS) is 14.3. The molecule has 0 radical (unpaired) electrons. The maximum absolute atomic E-state index is 11.5. The minimum atomic E-state index is -4.34. The minimum absolute atomic E-state index is 0. The van der Waals surface area contributed by atoms with Crippen molar-refractivity contribution in [2.45, 2.75) is 0 Å². The summed E-state index contributed by atoms with van der Waals surface area (Å²) in [4.78, 5) is 11.5. The van der Waals surface area contributed by atoms with E-state index < -0.39 is 7.82 Å². The molecular formula is C11H18N2O4PU-. The van der Waals surface area contributed by atoms with Crippen LogP contribution >= 0.6 is 7.82 Å². The average molecular weight is 511 g/mol. The Labute approximate surface area is 137 Å². The molecule has 0 aliphatic rings. The topological polar surface area (TPSA) is 82.4 Å².